The van der Waals surface area contributed by atoms with Crippen LogP contribution < -0.4 is 20.7 Å². The molecule has 0 fully saturated rings. The highest BCUT2D eigenvalue weighted by atomic mass is 16.5. The fourth-order valence-electron chi connectivity index (χ4n) is 1.75. The zero-order valence-corrected chi connectivity index (χ0v) is 13.6. The maximum absolute atomic E-state index is 11.9. The summed E-state index contributed by atoms with van der Waals surface area (Å²) in [5.74, 6) is -0.387. The number of rotatable bonds is 8. The molecule has 1 aromatic rings. The molecule has 126 valence electrons. The molecular weight excluding hydrogens is 298 g/mol. The maximum atomic E-state index is 11.9. The van der Waals surface area contributed by atoms with Gasteiger partial charge in [-0.2, -0.15) is 0 Å². The molecule has 0 aromatic heterocycles. The highest BCUT2D eigenvalue weighted by Gasteiger charge is 2.09. The molecule has 1 rings (SSSR count). The smallest absolute Gasteiger partial charge is 0.251 e. The molecule has 0 aliphatic rings. The van der Waals surface area contributed by atoms with Gasteiger partial charge >= 0.3 is 0 Å². The van der Waals surface area contributed by atoms with Crippen molar-refractivity contribution in [1.29, 1.82) is 0 Å². The summed E-state index contributed by atoms with van der Waals surface area (Å²) in [6.45, 7) is 5.78. The van der Waals surface area contributed by atoms with Crippen molar-refractivity contribution in [2.75, 3.05) is 19.7 Å². The van der Waals surface area contributed by atoms with E-state index in [1.54, 1.807) is 24.3 Å². The van der Waals surface area contributed by atoms with Crippen molar-refractivity contribution < 1.29 is 19.1 Å². The number of nitrogens with one attached hydrogen (secondary N) is 3. The molecule has 0 aliphatic carbocycles. The Morgan fingerprint density at radius 2 is 1.61 bits per heavy atom. The molecule has 0 aliphatic heterocycles. The Morgan fingerprint density at radius 3 is 2.17 bits per heavy atom. The first kappa shape index (κ1) is 18.5. The van der Waals surface area contributed by atoms with Gasteiger partial charge in [0.15, 0.2) is 0 Å². The van der Waals surface area contributed by atoms with Gasteiger partial charge in [-0.1, -0.05) is 0 Å². The lowest BCUT2D eigenvalue weighted by Crippen LogP contribution is -2.43. The van der Waals surface area contributed by atoms with Crippen molar-refractivity contribution in [1.82, 2.24) is 16.0 Å². The number of benzene rings is 1. The lowest BCUT2D eigenvalue weighted by atomic mass is 10.2. The van der Waals surface area contributed by atoms with Gasteiger partial charge in [0.05, 0.1) is 19.7 Å². The number of carbonyl (C=O) groups is 3. The van der Waals surface area contributed by atoms with E-state index in [-0.39, 0.29) is 30.9 Å². The average molecular weight is 321 g/mol. The molecule has 0 saturated heterocycles. The van der Waals surface area contributed by atoms with Crippen molar-refractivity contribution in [2.24, 2.45) is 0 Å². The fourth-order valence-corrected chi connectivity index (χ4v) is 1.75. The molecule has 0 saturated carbocycles. The summed E-state index contributed by atoms with van der Waals surface area (Å²) in [6.07, 6.45) is 0. The molecule has 3 amide bonds. The van der Waals surface area contributed by atoms with Gasteiger partial charge in [-0.05, 0) is 45.0 Å². The van der Waals surface area contributed by atoms with Gasteiger partial charge < -0.3 is 20.7 Å². The molecule has 0 bridgehead atoms. The quantitative estimate of drug-likeness (QED) is 0.648. The molecule has 0 radical (unpaired) electrons. The molecule has 0 heterocycles. The van der Waals surface area contributed by atoms with Crippen LogP contribution in [0.15, 0.2) is 24.3 Å². The second-order valence-corrected chi connectivity index (χ2v) is 5.14. The van der Waals surface area contributed by atoms with Crippen molar-refractivity contribution in [2.45, 2.75) is 26.8 Å². The first-order chi connectivity index (χ1) is 10.9. The van der Waals surface area contributed by atoms with E-state index in [1.165, 1.54) is 0 Å². The molecule has 0 atom stereocenters. The molecule has 0 unspecified atom stereocenters. The lowest BCUT2D eigenvalue weighted by Gasteiger charge is -2.10. The van der Waals surface area contributed by atoms with Crippen molar-refractivity contribution >= 4 is 17.7 Å². The summed E-state index contributed by atoms with van der Waals surface area (Å²) < 4.78 is 5.29. The Hall–Kier alpha value is -2.57. The Kier molecular flexibility index (Phi) is 7.59. The van der Waals surface area contributed by atoms with Gasteiger partial charge in [0, 0.05) is 11.6 Å². The van der Waals surface area contributed by atoms with E-state index in [9.17, 15) is 14.4 Å². The van der Waals surface area contributed by atoms with Crippen LogP contribution in [0, 0.1) is 0 Å². The largest absolute Gasteiger partial charge is 0.494 e. The molecule has 7 nitrogen and oxygen atoms in total. The predicted molar refractivity (Wildman–Crippen MR) is 86.2 cm³/mol. The molecule has 1 aromatic carbocycles. The summed E-state index contributed by atoms with van der Waals surface area (Å²) in [7, 11) is 0. The van der Waals surface area contributed by atoms with Crippen LogP contribution >= 0.6 is 0 Å². The van der Waals surface area contributed by atoms with Crippen LogP contribution in [-0.2, 0) is 9.59 Å². The van der Waals surface area contributed by atoms with E-state index in [0.717, 1.165) is 0 Å². The van der Waals surface area contributed by atoms with Gasteiger partial charge in [-0.25, -0.2) is 0 Å². The van der Waals surface area contributed by atoms with Gasteiger partial charge in [-0.15, -0.1) is 0 Å². The number of hydrogen-bond donors (Lipinski definition) is 3. The summed E-state index contributed by atoms with van der Waals surface area (Å²) in [6, 6.07) is 6.63. The summed E-state index contributed by atoms with van der Waals surface area (Å²) >= 11 is 0. The minimum atomic E-state index is -0.428. The fraction of sp³-hybridized carbons (Fsp3) is 0.438. The number of ether oxygens (including phenoxy) is 1. The Labute approximate surface area is 135 Å². The highest BCUT2D eigenvalue weighted by molar-refractivity contribution is 5.96. The van der Waals surface area contributed by atoms with Crippen molar-refractivity contribution in [3.8, 4) is 5.75 Å². The van der Waals surface area contributed by atoms with E-state index < -0.39 is 5.91 Å². The number of amides is 3. The zero-order valence-electron chi connectivity index (χ0n) is 13.6. The third kappa shape index (κ3) is 7.30. The molecule has 0 spiro atoms. The number of carbonyl (C=O) groups excluding carboxylic acids is 3. The average Bonchev–Trinajstić information content (AvgIpc) is 2.51. The predicted octanol–water partition coefficient (Wildman–Crippen LogP) is 0.456. The first-order valence-electron chi connectivity index (χ1n) is 7.49. The zero-order chi connectivity index (χ0) is 17.2. The lowest BCUT2D eigenvalue weighted by molar-refractivity contribution is -0.125. The van der Waals surface area contributed by atoms with Crippen LogP contribution in [0.1, 0.15) is 31.1 Å². The van der Waals surface area contributed by atoms with Crippen LogP contribution in [-0.4, -0.2) is 43.5 Å². The molecule has 3 N–H and O–H groups in total. The van der Waals surface area contributed by atoms with E-state index in [2.05, 4.69) is 16.0 Å². The van der Waals surface area contributed by atoms with Crippen LogP contribution in [0.5, 0.6) is 5.75 Å². The molecule has 23 heavy (non-hydrogen) atoms. The topological polar surface area (TPSA) is 96.5 Å². The minimum Gasteiger partial charge on any atom is -0.494 e. The standard InChI is InChI=1S/C16H23N3O4/c1-4-23-13-7-5-12(6-8-13)16(22)18-9-14(20)17-10-15(21)19-11(2)3/h5-8,11H,4,9-10H2,1-3H3,(H,17,20)(H,18,22)(H,19,21). The molecular formula is C16H23N3O4. The molecule has 7 heteroatoms. The van der Waals surface area contributed by atoms with Crippen molar-refractivity contribution in [3.63, 3.8) is 0 Å². The summed E-state index contributed by atoms with van der Waals surface area (Å²) in [4.78, 5) is 34.9. The van der Waals surface area contributed by atoms with Crippen LogP contribution in [0.4, 0.5) is 0 Å². The highest BCUT2D eigenvalue weighted by Crippen LogP contribution is 2.11. The van der Waals surface area contributed by atoms with Gasteiger partial charge in [0.1, 0.15) is 5.75 Å². The summed E-state index contributed by atoms with van der Waals surface area (Å²) in [5, 5.41) is 7.58. The van der Waals surface area contributed by atoms with E-state index in [0.29, 0.717) is 17.9 Å². The van der Waals surface area contributed by atoms with Crippen molar-refractivity contribution in [3.05, 3.63) is 29.8 Å². The Morgan fingerprint density at radius 1 is 1.00 bits per heavy atom. The van der Waals surface area contributed by atoms with E-state index in [4.69, 9.17) is 4.74 Å². The van der Waals surface area contributed by atoms with Crippen LogP contribution in [0.25, 0.3) is 0 Å². The van der Waals surface area contributed by atoms with Crippen LogP contribution in [0.3, 0.4) is 0 Å². The Bertz CT molecular complexity index is 541. The van der Waals surface area contributed by atoms with E-state index >= 15 is 0 Å². The third-order valence-corrected chi connectivity index (χ3v) is 2.73. The monoisotopic (exact) mass is 321 g/mol. The van der Waals surface area contributed by atoms with Gasteiger partial charge in [-0.3, -0.25) is 14.4 Å². The second kappa shape index (κ2) is 9.45. The maximum Gasteiger partial charge on any atom is 0.251 e. The minimum absolute atomic E-state index is 0.0127. The summed E-state index contributed by atoms with van der Waals surface area (Å²) in [5.41, 5.74) is 0.429. The Balaban J connectivity index is 2.34. The van der Waals surface area contributed by atoms with Gasteiger partial charge in [0.2, 0.25) is 11.8 Å². The van der Waals surface area contributed by atoms with Crippen LogP contribution in [0.2, 0.25) is 0 Å². The van der Waals surface area contributed by atoms with E-state index in [1.807, 2.05) is 20.8 Å². The first-order valence-corrected chi connectivity index (χ1v) is 7.49. The van der Waals surface area contributed by atoms with Gasteiger partial charge in [0.25, 0.3) is 5.91 Å². The normalized spacial score (nSPS) is 10.1. The third-order valence-electron chi connectivity index (χ3n) is 2.73. The second-order valence-electron chi connectivity index (χ2n) is 5.14. The number of hydrogen-bond acceptors (Lipinski definition) is 4. The SMILES string of the molecule is CCOc1ccc(C(=O)NCC(=O)NCC(=O)NC(C)C)cc1.